The molecule has 0 atom stereocenters. The van der Waals surface area contributed by atoms with Crippen molar-refractivity contribution in [2.24, 2.45) is 0 Å². The summed E-state index contributed by atoms with van der Waals surface area (Å²) in [6, 6.07) is 9.64. The van der Waals surface area contributed by atoms with Crippen LogP contribution in [0.2, 0.25) is 0 Å². The average Bonchev–Trinajstić information content (AvgIpc) is 2.78. The van der Waals surface area contributed by atoms with Crippen molar-refractivity contribution in [1.29, 1.82) is 0 Å². The van der Waals surface area contributed by atoms with E-state index in [1.165, 1.54) is 0 Å². The molecule has 1 heterocycles. The van der Waals surface area contributed by atoms with E-state index in [0.29, 0.717) is 5.69 Å². The maximum atomic E-state index is 11.2. The molecule has 0 aliphatic rings. The van der Waals surface area contributed by atoms with Crippen molar-refractivity contribution in [2.75, 3.05) is 11.2 Å². The number of hydrogen-bond acceptors (Lipinski definition) is 2. The van der Waals surface area contributed by atoms with E-state index < -0.39 is 0 Å². The number of amides is 1. The molecule has 0 aliphatic carbocycles. The molecule has 0 fully saturated rings. The molecule has 0 aliphatic heterocycles. The van der Waals surface area contributed by atoms with E-state index in [2.05, 4.69) is 15.5 Å². The molecular formula is C11H10ClN3O. The van der Waals surface area contributed by atoms with E-state index in [9.17, 15) is 4.79 Å². The minimum Gasteiger partial charge on any atom is -0.322 e. The number of carbonyl (C=O) groups is 1. The van der Waals surface area contributed by atoms with Gasteiger partial charge in [0, 0.05) is 5.56 Å². The molecule has 2 N–H and O–H groups in total. The summed E-state index contributed by atoms with van der Waals surface area (Å²) in [5.41, 5.74) is 2.38. The van der Waals surface area contributed by atoms with Gasteiger partial charge in [0.05, 0.1) is 17.6 Å². The Morgan fingerprint density at radius 3 is 2.81 bits per heavy atom. The van der Waals surface area contributed by atoms with Gasteiger partial charge in [0.15, 0.2) is 0 Å². The number of nitrogens with one attached hydrogen (secondary N) is 2. The normalized spacial score (nSPS) is 10.1. The topological polar surface area (TPSA) is 57.8 Å². The number of rotatable bonds is 3. The highest BCUT2D eigenvalue weighted by Crippen LogP contribution is 2.24. The van der Waals surface area contributed by atoms with E-state index in [1.807, 2.05) is 30.3 Å². The number of aromatic nitrogens is 2. The molecule has 2 rings (SSSR count). The summed E-state index contributed by atoms with van der Waals surface area (Å²) in [5, 5.41) is 9.42. The van der Waals surface area contributed by atoms with Crippen molar-refractivity contribution in [3.63, 3.8) is 0 Å². The molecule has 0 radical (unpaired) electrons. The van der Waals surface area contributed by atoms with Crippen LogP contribution >= 0.6 is 11.6 Å². The second-order valence-corrected chi connectivity index (χ2v) is 3.47. The number of halogens is 1. The van der Waals surface area contributed by atoms with Gasteiger partial charge in [-0.2, -0.15) is 5.10 Å². The average molecular weight is 236 g/mol. The van der Waals surface area contributed by atoms with Gasteiger partial charge in [-0.1, -0.05) is 30.3 Å². The Balaban J connectivity index is 2.29. The van der Waals surface area contributed by atoms with Gasteiger partial charge in [0.1, 0.15) is 5.88 Å². The maximum Gasteiger partial charge on any atom is 0.239 e. The zero-order valence-corrected chi connectivity index (χ0v) is 9.16. The SMILES string of the molecule is O=C(CCl)Nc1cn[nH]c1-c1ccccc1. The fourth-order valence-electron chi connectivity index (χ4n) is 1.39. The fraction of sp³-hybridized carbons (Fsp3) is 0.0909. The van der Waals surface area contributed by atoms with Crippen LogP contribution in [0.3, 0.4) is 0 Å². The number of aromatic amines is 1. The van der Waals surface area contributed by atoms with Gasteiger partial charge in [-0.3, -0.25) is 9.89 Å². The Morgan fingerprint density at radius 2 is 2.12 bits per heavy atom. The minimum atomic E-state index is -0.250. The summed E-state index contributed by atoms with van der Waals surface area (Å²) in [7, 11) is 0. The Morgan fingerprint density at radius 1 is 1.38 bits per heavy atom. The number of H-pyrrole nitrogens is 1. The Kier molecular flexibility index (Phi) is 3.22. The van der Waals surface area contributed by atoms with E-state index >= 15 is 0 Å². The van der Waals surface area contributed by atoms with E-state index in [4.69, 9.17) is 11.6 Å². The quantitative estimate of drug-likeness (QED) is 0.802. The highest BCUT2D eigenvalue weighted by Gasteiger charge is 2.09. The van der Waals surface area contributed by atoms with Crippen molar-refractivity contribution < 1.29 is 4.79 Å². The second kappa shape index (κ2) is 4.81. The number of anilines is 1. The van der Waals surface area contributed by atoms with Crippen molar-refractivity contribution in [3.05, 3.63) is 36.5 Å². The molecule has 0 saturated carbocycles. The molecule has 5 heteroatoms. The number of carbonyl (C=O) groups excluding carboxylic acids is 1. The van der Waals surface area contributed by atoms with Crippen LogP contribution in [-0.2, 0) is 4.79 Å². The largest absolute Gasteiger partial charge is 0.322 e. The summed E-state index contributed by atoms with van der Waals surface area (Å²) in [6.45, 7) is 0. The monoisotopic (exact) mass is 235 g/mol. The van der Waals surface area contributed by atoms with Crippen LogP contribution in [0.25, 0.3) is 11.3 Å². The smallest absolute Gasteiger partial charge is 0.239 e. The molecule has 1 amide bonds. The first kappa shape index (κ1) is 10.7. The molecule has 0 bridgehead atoms. The first-order valence-corrected chi connectivity index (χ1v) is 5.29. The van der Waals surface area contributed by atoms with Gasteiger partial charge in [-0.05, 0) is 0 Å². The lowest BCUT2D eigenvalue weighted by atomic mass is 10.1. The Bertz CT molecular complexity index is 481. The van der Waals surface area contributed by atoms with Crippen LogP contribution in [0, 0.1) is 0 Å². The van der Waals surface area contributed by atoms with Crippen LogP contribution < -0.4 is 5.32 Å². The molecular weight excluding hydrogens is 226 g/mol. The van der Waals surface area contributed by atoms with Gasteiger partial charge in [0.2, 0.25) is 5.91 Å². The molecule has 0 spiro atoms. The molecule has 0 saturated heterocycles. The number of hydrogen-bond donors (Lipinski definition) is 2. The van der Waals surface area contributed by atoms with Gasteiger partial charge in [0.25, 0.3) is 0 Å². The first-order valence-electron chi connectivity index (χ1n) is 4.76. The van der Waals surface area contributed by atoms with Crippen LogP contribution in [0.15, 0.2) is 36.5 Å². The number of benzene rings is 1. The molecule has 16 heavy (non-hydrogen) atoms. The molecule has 82 valence electrons. The van der Waals surface area contributed by atoms with Gasteiger partial charge >= 0.3 is 0 Å². The Hall–Kier alpha value is -1.81. The molecule has 0 unspecified atom stereocenters. The zero-order valence-electron chi connectivity index (χ0n) is 8.40. The van der Waals surface area contributed by atoms with E-state index in [-0.39, 0.29) is 11.8 Å². The molecule has 2 aromatic rings. The van der Waals surface area contributed by atoms with E-state index in [0.717, 1.165) is 11.3 Å². The van der Waals surface area contributed by atoms with Crippen molar-refractivity contribution in [2.45, 2.75) is 0 Å². The first-order chi connectivity index (χ1) is 7.81. The molecule has 1 aromatic carbocycles. The third-order valence-corrected chi connectivity index (χ3v) is 2.34. The number of nitrogens with zero attached hydrogens (tertiary/aromatic N) is 1. The second-order valence-electron chi connectivity index (χ2n) is 3.21. The van der Waals surface area contributed by atoms with Crippen LogP contribution in [0.5, 0.6) is 0 Å². The fourth-order valence-corrected chi connectivity index (χ4v) is 1.46. The lowest BCUT2D eigenvalue weighted by Crippen LogP contribution is -2.12. The summed E-state index contributed by atoms with van der Waals surface area (Å²) in [6.07, 6.45) is 1.56. The minimum absolute atomic E-state index is 0.0700. The molecule has 4 nitrogen and oxygen atoms in total. The number of alkyl halides is 1. The lowest BCUT2D eigenvalue weighted by Gasteiger charge is -2.03. The third kappa shape index (κ3) is 2.23. The van der Waals surface area contributed by atoms with Gasteiger partial charge < -0.3 is 5.32 Å². The van der Waals surface area contributed by atoms with Crippen molar-refractivity contribution >= 4 is 23.2 Å². The standard InChI is InChI=1S/C11H10ClN3O/c12-6-10(16)14-9-7-13-15-11(9)8-4-2-1-3-5-8/h1-5,7H,6H2,(H,13,15)(H,14,16). The third-order valence-electron chi connectivity index (χ3n) is 2.10. The van der Waals surface area contributed by atoms with Crippen molar-refractivity contribution in [3.8, 4) is 11.3 Å². The van der Waals surface area contributed by atoms with Gasteiger partial charge in [-0.15, -0.1) is 11.6 Å². The van der Waals surface area contributed by atoms with Gasteiger partial charge in [-0.25, -0.2) is 0 Å². The zero-order chi connectivity index (χ0) is 11.4. The maximum absolute atomic E-state index is 11.2. The summed E-state index contributed by atoms with van der Waals surface area (Å²) in [5.74, 6) is -0.320. The van der Waals surface area contributed by atoms with Crippen LogP contribution in [0.4, 0.5) is 5.69 Å². The van der Waals surface area contributed by atoms with Crippen molar-refractivity contribution in [1.82, 2.24) is 10.2 Å². The lowest BCUT2D eigenvalue weighted by molar-refractivity contribution is -0.113. The predicted octanol–water partition coefficient (Wildman–Crippen LogP) is 2.25. The summed E-state index contributed by atoms with van der Waals surface area (Å²) < 4.78 is 0. The predicted molar refractivity (Wildman–Crippen MR) is 63.4 cm³/mol. The Labute approximate surface area is 97.6 Å². The van der Waals surface area contributed by atoms with E-state index in [1.54, 1.807) is 6.20 Å². The summed E-state index contributed by atoms with van der Waals surface area (Å²) in [4.78, 5) is 11.2. The summed E-state index contributed by atoms with van der Waals surface area (Å²) >= 11 is 5.42. The van der Waals surface area contributed by atoms with Crippen LogP contribution in [0.1, 0.15) is 0 Å². The van der Waals surface area contributed by atoms with Crippen LogP contribution in [-0.4, -0.2) is 22.0 Å². The highest BCUT2D eigenvalue weighted by atomic mass is 35.5. The highest BCUT2D eigenvalue weighted by molar-refractivity contribution is 6.29. The molecule has 1 aromatic heterocycles.